The molecule has 1 aromatic heterocycles. The van der Waals surface area contributed by atoms with Gasteiger partial charge in [0.15, 0.2) is 0 Å². The van der Waals surface area contributed by atoms with Gasteiger partial charge in [0.25, 0.3) is 0 Å². The second-order valence-electron chi connectivity index (χ2n) is 2.59. The molecular weight excluding hydrogens is 186 g/mol. The maximum atomic E-state index is 5.41. The maximum absolute atomic E-state index is 5.41. The first-order valence-electron chi connectivity index (χ1n) is 4.10. The molecule has 0 fully saturated rings. The Morgan fingerprint density at radius 1 is 1.62 bits per heavy atom. The number of halogens is 1. The fourth-order valence-electron chi connectivity index (χ4n) is 1.10. The van der Waals surface area contributed by atoms with Crippen molar-refractivity contribution >= 4 is 11.6 Å². The average Bonchev–Trinajstić information content (AvgIpc) is 2.19. The molecule has 0 spiro atoms. The average molecular weight is 198 g/mol. The third-order valence-corrected chi connectivity index (χ3v) is 1.93. The molecule has 2 nitrogen and oxygen atoms in total. The summed E-state index contributed by atoms with van der Waals surface area (Å²) in [5, 5.41) is 0. The van der Waals surface area contributed by atoms with E-state index in [0.717, 1.165) is 24.2 Å². The fourth-order valence-corrected chi connectivity index (χ4v) is 1.23. The van der Waals surface area contributed by atoms with E-state index in [9.17, 15) is 0 Å². The Kier molecular flexibility index (Phi) is 4.33. The van der Waals surface area contributed by atoms with Gasteiger partial charge < -0.3 is 4.74 Å². The maximum Gasteiger partial charge on any atom is 0.125 e. The van der Waals surface area contributed by atoms with E-state index in [0.29, 0.717) is 0 Å². The Balaban J connectivity index is 2.64. The SMILES string of the molecule is COc1ccncc1CCC=CCl. The topological polar surface area (TPSA) is 22.1 Å². The minimum Gasteiger partial charge on any atom is -0.496 e. The van der Waals surface area contributed by atoms with Crippen LogP contribution in [0.5, 0.6) is 5.75 Å². The van der Waals surface area contributed by atoms with Crippen LogP contribution in [0.25, 0.3) is 0 Å². The van der Waals surface area contributed by atoms with Crippen molar-refractivity contribution in [3.05, 3.63) is 35.6 Å². The predicted octanol–water partition coefficient (Wildman–Crippen LogP) is 2.78. The number of hydrogen-bond acceptors (Lipinski definition) is 2. The Hall–Kier alpha value is -1.02. The minimum atomic E-state index is 0.887. The molecule has 0 bridgehead atoms. The number of rotatable bonds is 4. The number of nitrogens with zero attached hydrogens (tertiary/aromatic N) is 1. The lowest BCUT2D eigenvalue weighted by Crippen LogP contribution is -1.92. The summed E-state index contributed by atoms with van der Waals surface area (Å²) in [4.78, 5) is 4.03. The smallest absolute Gasteiger partial charge is 0.125 e. The van der Waals surface area contributed by atoms with Gasteiger partial charge in [-0.2, -0.15) is 0 Å². The Morgan fingerprint density at radius 3 is 3.15 bits per heavy atom. The second kappa shape index (κ2) is 5.60. The highest BCUT2D eigenvalue weighted by Crippen LogP contribution is 2.17. The van der Waals surface area contributed by atoms with Crippen LogP contribution < -0.4 is 4.74 Å². The largest absolute Gasteiger partial charge is 0.496 e. The Labute approximate surface area is 83.2 Å². The van der Waals surface area contributed by atoms with Crippen molar-refractivity contribution in [2.45, 2.75) is 12.8 Å². The second-order valence-corrected chi connectivity index (χ2v) is 2.84. The quantitative estimate of drug-likeness (QED) is 0.741. The summed E-state index contributed by atoms with van der Waals surface area (Å²) < 4.78 is 5.18. The molecule has 0 atom stereocenters. The van der Waals surface area contributed by atoms with Crippen LogP contribution in [0.1, 0.15) is 12.0 Å². The van der Waals surface area contributed by atoms with Crippen molar-refractivity contribution in [2.75, 3.05) is 7.11 Å². The van der Waals surface area contributed by atoms with E-state index in [1.807, 2.05) is 18.3 Å². The molecular formula is C10H12ClNO. The van der Waals surface area contributed by atoms with Crippen molar-refractivity contribution in [1.82, 2.24) is 4.98 Å². The summed E-state index contributed by atoms with van der Waals surface area (Å²) >= 11 is 5.41. The standard InChI is InChI=1S/C10H12ClNO/c1-13-10-5-7-12-8-9(10)4-2-3-6-11/h3,5-8H,2,4H2,1H3. The molecule has 1 aromatic rings. The molecule has 0 N–H and O–H groups in total. The van der Waals surface area contributed by atoms with E-state index in [2.05, 4.69) is 4.98 Å². The highest BCUT2D eigenvalue weighted by molar-refractivity contribution is 6.25. The lowest BCUT2D eigenvalue weighted by atomic mass is 10.1. The number of hydrogen-bond donors (Lipinski definition) is 0. The third kappa shape index (κ3) is 3.07. The summed E-state index contributed by atoms with van der Waals surface area (Å²) in [6.45, 7) is 0. The van der Waals surface area contributed by atoms with Crippen LogP contribution in [0.3, 0.4) is 0 Å². The van der Waals surface area contributed by atoms with Gasteiger partial charge in [-0.3, -0.25) is 4.98 Å². The normalized spacial score (nSPS) is 10.6. The molecule has 1 heterocycles. The van der Waals surface area contributed by atoms with Crippen LogP contribution in [-0.4, -0.2) is 12.1 Å². The zero-order valence-corrected chi connectivity index (χ0v) is 8.29. The lowest BCUT2D eigenvalue weighted by Gasteiger charge is -2.05. The molecule has 1 rings (SSSR count). The molecule has 0 aromatic carbocycles. The molecule has 0 radical (unpaired) electrons. The molecule has 0 aliphatic carbocycles. The van der Waals surface area contributed by atoms with Crippen molar-refractivity contribution in [3.63, 3.8) is 0 Å². The molecule has 0 saturated heterocycles. The van der Waals surface area contributed by atoms with Gasteiger partial charge in [0.05, 0.1) is 7.11 Å². The van der Waals surface area contributed by atoms with Gasteiger partial charge in [0.1, 0.15) is 5.75 Å². The summed E-state index contributed by atoms with van der Waals surface area (Å²) in [5.41, 5.74) is 2.64. The summed E-state index contributed by atoms with van der Waals surface area (Å²) in [7, 11) is 1.66. The molecule has 0 aliphatic rings. The molecule has 3 heteroatoms. The van der Waals surface area contributed by atoms with E-state index in [-0.39, 0.29) is 0 Å². The Bertz CT molecular complexity index is 286. The summed E-state index contributed by atoms with van der Waals surface area (Å²) in [5.74, 6) is 0.887. The van der Waals surface area contributed by atoms with Gasteiger partial charge in [0, 0.05) is 23.5 Å². The van der Waals surface area contributed by atoms with Gasteiger partial charge in [-0.25, -0.2) is 0 Å². The van der Waals surface area contributed by atoms with E-state index >= 15 is 0 Å². The first-order chi connectivity index (χ1) is 6.38. The molecule has 0 saturated carbocycles. The fraction of sp³-hybridized carbons (Fsp3) is 0.300. The number of pyridine rings is 1. The van der Waals surface area contributed by atoms with Crippen molar-refractivity contribution in [2.24, 2.45) is 0 Å². The predicted molar refractivity (Wildman–Crippen MR) is 54.1 cm³/mol. The Morgan fingerprint density at radius 2 is 2.46 bits per heavy atom. The van der Waals surface area contributed by atoms with Gasteiger partial charge in [-0.15, -0.1) is 0 Å². The van der Waals surface area contributed by atoms with Crippen LogP contribution in [0, 0.1) is 0 Å². The van der Waals surface area contributed by atoms with Gasteiger partial charge >= 0.3 is 0 Å². The van der Waals surface area contributed by atoms with Crippen LogP contribution in [0.15, 0.2) is 30.1 Å². The van der Waals surface area contributed by atoms with Gasteiger partial charge in [-0.05, 0) is 18.9 Å². The van der Waals surface area contributed by atoms with Crippen molar-refractivity contribution in [1.29, 1.82) is 0 Å². The van der Waals surface area contributed by atoms with E-state index in [4.69, 9.17) is 16.3 Å². The summed E-state index contributed by atoms with van der Waals surface area (Å²) in [6.07, 6.45) is 7.26. The molecule has 13 heavy (non-hydrogen) atoms. The summed E-state index contributed by atoms with van der Waals surface area (Å²) in [6, 6.07) is 1.86. The monoisotopic (exact) mass is 197 g/mol. The van der Waals surface area contributed by atoms with Gasteiger partial charge in [-0.1, -0.05) is 17.7 Å². The minimum absolute atomic E-state index is 0.887. The van der Waals surface area contributed by atoms with Gasteiger partial charge in [0.2, 0.25) is 0 Å². The van der Waals surface area contributed by atoms with E-state index in [1.165, 1.54) is 5.54 Å². The zero-order chi connectivity index (χ0) is 9.52. The number of aromatic nitrogens is 1. The molecule has 0 amide bonds. The van der Waals surface area contributed by atoms with Crippen LogP contribution in [0.2, 0.25) is 0 Å². The van der Waals surface area contributed by atoms with Crippen LogP contribution in [0.4, 0.5) is 0 Å². The molecule has 0 unspecified atom stereocenters. The highest BCUT2D eigenvalue weighted by Gasteiger charge is 1.99. The van der Waals surface area contributed by atoms with E-state index in [1.54, 1.807) is 13.3 Å². The van der Waals surface area contributed by atoms with Crippen LogP contribution in [-0.2, 0) is 6.42 Å². The number of allylic oxidation sites excluding steroid dienone is 1. The number of aryl methyl sites for hydroxylation is 1. The van der Waals surface area contributed by atoms with Crippen LogP contribution >= 0.6 is 11.6 Å². The first kappa shape index (κ1) is 10.1. The lowest BCUT2D eigenvalue weighted by molar-refractivity contribution is 0.409. The first-order valence-corrected chi connectivity index (χ1v) is 4.54. The zero-order valence-electron chi connectivity index (χ0n) is 7.53. The highest BCUT2D eigenvalue weighted by atomic mass is 35.5. The van der Waals surface area contributed by atoms with Crippen molar-refractivity contribution < 1.29 is 4.74 Å². The number of ether oxygens (including phenoxy) is 1. The third-order valence-electron chi connectivity index (χ3n) is 1.75. The number of methoxy groups -OCH3 is 1. The van der Waals surface area contributed by atoms with Crippen molar-refractivity contribution in [3.8, 4) is 5.75 Å². The van der Waals surface area contributed by atoms with E-state index < -0.39 is 0 Å². The molecule has 0 aliphatic heterocycles. The molecule has 70 valence electrons.